The van der Waals surface area contributed by atoms with Crippen LogP contribution in [-0.4, -0.2) is 42.5 Å². The molecule has 1 saturated carbocycles. The molecule has 0 aromatic carbocycles. The number of carbonyl (C=O) groups is 1. The minimum atomic E-state index is -0.228. The summed E-state index contributed by atoms with van der Waals surface area (Å²) in [5, 5.41) is 2.00. The molecule has 0 unspecified atom stereocenters. The maximum Gasteiger partial charge on any atom is 0.192 e. The zero-order chi connectivity index (χ0) is 12.4. The molecule has 98 valence electrons. The molecule has 1 saturated heterocycles. The summed E-state index contributed by atoms with van der Waals surface area (Å²) in [7, 11) is 0. The van der Waals surface area contributed by atoms with E-state index in [0.717, 1.165) is 44.0 Å². The van der Waals surface area contributed by atoms with Crippen molar-refractivity contribution in [3.63, 3.8) is 0 Å². The van der Waals surface area contributed by atoms with Gasteiger partial charge in [0.25, 0.3) is 0 Å². The van der Waals surface area contributed by atoms with E-state index < -0.39 is 0 Å². The van der Waals surface area contributed by atoms with Crippen LogP contribution in [0.3, 0.4) is 0 Å². The molecule has 2 aliphatic rings. The number of nitrogens with zero attached hydrogens (tertiary/aromatic N) is 1. The summed E-state index contributed by atoms with van der Waals surface area (Å²) in [5.41, 5.74) is -0.228. The minimum absolute atomic E-state index is 0.228. The second-order valence-corrected chi connectivity index (χ2v) is 6.09. The number of ether oxygens (including phenoxy) is 1. The number of rotatable bonds is 3. The Morgan fingerprint density at radius 3 is 2.61 bits per heavy atom. The molecule has 4 heteroatoms. The summed E-state index contributed by atoms with van der Waals surface area (Å²) in [6, 6.07) is 3.94. The zero-order valence-electron chi connectivity index (χ0n) is 10.6. The Morgan fingerprint density at radius 1 is 1.28 bits per heavy atom. The van der Waals surface area contributed by atoms with E-state index in [9.17, 15) is 4.79 Å². The van der Waals surface area contributed by atoms with Crippen LogP contribution in [0.2, 0.25) is 0 Å². The first kappa shape index (κ1) is 12.3. The average molecular weight is 265 g/mol. The number of Topliss-reactive ketones (excluding diaryl/α,β-unsaturated/α-hetero) is 1. The molecule has 1 aromatic rings. The van der Waals surface area contributed by atoms with Gasteiger partial charge in [-0.2, -0.15) is 0 Å². The smallest absolute Gasteiger partial charge is 0.192 e. The predicted octanol–water partition coefficient (Wildman–Crippen LogP) is 2.58. The molecule has 3 nitrogen and oxygen atoms in total. The highest BCUT2D eigenvalue weighted by Gasteiger charge is 2.46. The van der Waals surface area contributed by atoms with Gasteiger partial charge < -0.3 is 4.74 Å². The number of morpholine rings is 1. The Balaban J connectivity index is 1.88. The third-order valence-electron chi connectivity index (χ3n) is 4.21. The molecule has 1 aliphatic heterocycles. The lowest BCUT2D eigenvalue weighted by Gasteiger charge is -2.41. The van der Waals surface area contributed by atoms with Gasteiger partial charge in [-0.3, -0.25) is 9.69 Å². The fourth-order valence-electron chi connectivity index (χ4n) is 3.28. The van der Waals surface area contributed by atoms with Crippen LogP contribution in [0.4, 0.5) is 0 Å². The van der Waals surface area contributed by atoms with Crippen molar-refractivity contribution < 1.29 is 9.53 Å². The predicted molar refractivity (Wildman–Crippen MR) is 72.2 cm³/mol. The molecule has 3 rings (SSSR count). The van der Waals surface area contributed by atoms with E-state index in [2.05, 4.69) is 4.90 Å². The van der Waals surface area contributed by atoms with Crippen molar-refractivity contribution in [1.29, 1.82) is 0 Å². The van der Waals surface area contributed by atoms with Crippen LogP contribution in [0, 0.1) is 0 Å². The number of ketones is 1. The van der Waals surface area contributed by atoms with Gasteiger partial charge in [0.2, 0.25) is 0 Å². The van der Waals surface area contributed by atoms with Gasteiger partial charge >= 0.3 is 0 Å². The van der Waals surface area contributed by atoms with E-state index in [1.807, 2.05) is 17.5 Å². The van der Waals surface area contributed by atoms with Gasteiger partial charge in [-0.15, -0.1) is 11.3 Å². The third kappa shape index (κ3) is 2.02. The summed E-state index contributed by atoms with van der Waals surface area (Å²) in [6.45, 7) is 3.33. The van der Waals surface area contributed by atoms with Gasteiger partial charge in [-0.1, -0.05) is 18.9 Å². The molecule has 1 aromatic heterocycles. The van der Waals surface area contributed by atoms with E-state index in [0.29, 0.717) is 5.78 Å². The molecule has 0 radical (unpaired) electrons. The highest BCUT2D eigenvalue weighted by molar-refractivity contribution is 7.12. The molecule has 2 fully saturated rings. The molecular formula is C14H19NO2S. The van der Waals surface area contributed by atoms with E-state index in [4.69, 9.17) is 4.74 Å². The van der Waals surface area contributed by atoms with Crippen LogP contribution in [-0.2, 0) is 4.74 Å². The second kappa shape index (κ2) is 5.11. The Hall–Kier alpha value is -0.710. The van der Waals surface area contributed by atoms with Crippen LogP contribution in [0.1, 0.15) is 35.4 Å². The molecule has 0 bridgehead atoms. The van der Waals surface area contributed by atoms with Crippen LogP contribution in [0.25, 0.3) is 0 Å². The van der Waals surface area contributed by atoms with Gasteiger partial charge in [0.15, 0.2) is 5.78 Å². The van der Waals surface area contributed by atoms with Crippen molar-refractivity contribution in [3.05, 3.63) is 22.4 Å². The van der Waals surface area contributed by atoms with Crippen molar-refractivity contribution in [3.8, 4) is 0 Å². The first-order valence-electron chi connectivity index (χ1n) is 6.74. The van der Waals surface area contributed by atoms with Crippen molar-refractivity contribution in [1.82, 2.24) is 4.90 Å². The second-order valence-electron chi connectivity index (χ2n) is 5.14. The maximum absolute atomic E-state index is 12.9. The van der Waals surface area contributed by atoms with Crippen molar-refractivity contribution >= 4 is 17.1 Å². The largest absolute Gasteiger partial charge is 0.379 e. The number of hydrogen-bond donors (Lipinski definition) is 0. The monoisotopic (exact) mass is 265 g/mol. The SMILES string of the molecule is O=C(c1cccs1)C1(N2CCOCC2)CCCC1. The highest BCUT2D eigenvalue weighted by atomic mass is 32.1. The quantitative estimate of drug-likeness (QED) is 0.787. The number of thiophene rings is 1. The summed E-state index contributed by atoms with van der Waals surface area (Å²) in [6.07, 6.45) is 4.39. The molecule has 2 heterocycles. The lowest BCUT2D eigenvalue weighted by molar-refractivity contribution is -0.0128. The fourth-order valence-corrected chi connectivity index (χ4v) is 4.03. The Kier molecular flexibility index (Phi) is 3.50. The number of carbonyl (C=O) groups excluding carboxylic acids is 1. The van der Waals surface area contributed by atoms with E-state index in [-0.39, 0.29) is 5.54 Å². The molecule has 0 atom stereocenters. The molecular weight excluding hydrogens is 246 g/mol. The minimum Gasteiger partial charge on any atom is -0.379 e. The summed E-state index contributed by atoms with van der Waals surface area (Å²) in [4.78, 5) is 16.2. The van der Waals surface area contributed by atoms with E-state index >= 15 is 0 Å². The van der Waals surface area contributed by atoms with Gasteiger partial charge in [-0.05, 0) is 24.3 Å². The van der Waals surface area contributed by atoms with Crippen LogP contribution in [0.5, 0.6) is 0 Å². The molecule has 0 spiro atoms. The topological polar surface area (TPSA) is 29.5 Å². The summed E-state index contributed by atoms with van der Waals surface area (Å²) < 4.78 is 5.42. The standard InChI is InChI=1S/C14H19NO2S/c16-13(12-4-3-11-18-12)14(5-1-2-6-14)15-7-9-17-10-8-15/h3-4,11H,1-2,5-10H2. The molecule has 0 N–H and O–H groups in total. The lowest BCUT2D eigenvalue weighted by atomic mass is 9.88. The van der Waals surface area contributed by atoms with E-state index in [1.165, 1.54) is 12.8 Å². The average Bonchev–Trinajstić information content (AvgIpc) is 3.11. The van der Waals surface area contributed by atoms with Crippen molar-refractivity contribution in [2.45, 2.75) is 31.2 Å². The lowest BCUT2D eigenvalue weighted by Crippen LogP contribution is -2.56. The summed E-state index contributed by atoms with van der Waals surface area (Å²) >= 11 is 1.57. The van der Waals surface area contributed by atoms with Crippen LogP contribution in [0.15, 0.2) is 17.5 Å². The van der Waals surface area contributed by atoms with Crippen molar-refractivity contribution in [2.24, 2.45) is 0 Å². The first-order chi connectivity index (χ1) is 8.83. The molecule has 0 amide bonds. The van der Waals surface area contributed by atoms with E-state index in [1.54, 1.807) is 11.3 Å². The van der Waals surface area contributed by atoms with Gasteiger partial charge in [0, 0.05) is 13.1 Å². The van der Waals surface area contributed by atoms with Gasteiger partial charge in [-0.25, -0.2) is 0 Å². The maximum atomic E-state index is 12.9. The molecule has 1 aliphatic carbocycles. The third-order valence-corrected chi connectivity index (χ3v) is 5.08. The Bertz CT molecular complexity index is 403. The van der Waals surface area contributed by atoms with Gasteiger partial charge in [0.1, 0.15) is 0 Å². The zero-order valence-corrected chi connectivity index (χ0v) is 11.4. The normalized spacial score (nSPS) is 24.2. The summed E-state index contributed by atoms with van der Waals surface area (Å²) in [5.74, 6) is 0.344. The Morgan fingerprint density at radius 2 is 2.00 bits per heavy atom. The Labute approximate surface area is 112 Å². The van der Waals surface area contributed by atoms with Crippen LogP contribution < -0.4 is 0 Å². The van der Waals surface area contributed by atoms with Gasteiger partial charge in [0.05, 0.1) is 23.6 Å². The molecule has 18 heavy (non-hydrogen) atoms. The first-order valence-corrected chi connectivity index (χ1v) is 7.62. The number of hydrogen-bond acceptors (Lipinski definition) is 4. The highest BCUT2D eigenvalue weighted by Crippen LogP contribution is 2.39. The van der Waals surface area contributed by atoms with Crippen molar-refractivity contribution in [2.75, 3.05) is 26.3 Å². The van der Waals surface area contributed by atoms with Crippen LogP contribution >= 0.6 is 11.3 Å². The fraction of sp³-hybridized carbons (Fsp3) is 0.643.